The Bertz CT molecular complexity index is 1410. The number of hydrogen-bond acceptors (Lipinski definition) is 10. The van der Waals surface area contributed by atoms with Gasteiger partial charge in [-0.05, 0) is 48.9 Å². The quantitative estimate of drug-likeness (QED) is 0.222. The van der Waals surface area contributed by atoms with Crippen molar-refractivity contribution >= 4 is 45.1 Å². The number of anilines is 1. The van der Waals surface area contributed by atoms with E-state index >= 15 is 0 Å². The van der Waals surface area contributed by atoms with E-state index in [0.29, 0.717) is 52.2 Å². The second kappa shape index (κ2) is 13.6. The number of rotatable bonds is 11. The average molecular weight is 610 g/mol. The second-order valence-electron chi connectivity index (χ2n) is 9.16. The minimum absolute atomic E-state index is 0.173. The number of hydrogen-bond donors (Lipinski definition) is 0. The fourth-order valence-electron chi connectivity index (χ4n) is 4.14. The van der Waals surface area contributed by atoms with Crippen LogP contribution in [-0.2, 0) is 30.4 Å². The van der Waals surface area contributed by atoms with Gasteiger partial charge in [0.05, 0.1) is 37.8 Å². The number of pyridine rings is 2. The highest BCUT2D eigenvalue weighted by molar-refractivity contribution is 7.85. The highest BCUT2D eigenvalue weighted by atomic mass is 35.5. The van der Waals surface area contributed by atoms with Crippen molar-refractivity contribution in [2.75, 3.05) is 50.5 Å². The molecule has 1 aliphatic heterocycles. The number of carbonyl (C=O) groups is 1. The van der Waals surface area contributed by atoms with E-state index in [1.807, 2.05) is 6.07 Å². The molecule has 13 heteroatoms. The minimum atomic E-state index is -3.66. The van der Waals surface area contributed by atoms with Gasteiger partial charge in [-0.15, -0.1) is 0 Å². The molecule has 0 saturated carbocycles. The first kappa shape index (κ1) is 30.0. The molecule has 0 spiro atoms. The molecule has 1 aromatic carbocycles. The summed E-state index contributed by atoms with van der Waals surface area (Å²) in [6, 6.07) is 12.0. The summed E-state index contributed by atoms with van der Waals surface area (Å²) in [5, 5.41) is 0.869. The van der Waals surface area contributed by atoms with Crippen molar-refractivity contribution in [3.63, 3.8) is 0 Å². The summed E-state index contributed by atoms with van der Waals surface area (Å²) in [5.74, 6) is 1.33. The number of esters is 1. The van der Waals surface area contributed by atoms with Crippen LogP contribution in [0.3, 0.4) is 0 Å². The summed E-state index contributed by atoms with van der Waals surface area (Å²) < 4.78 is 39.1. The first-order valence-corrected chi connectivity index (χ1v) is 15.2. The predicted molar refractivity (Wildman–Crippen MR) is 154 cm³/mol. The Kier molecular flexibility index (Phi) is 10.2. The molecule has 0 unspecified atom stereocenters. The van der Waals surface area contributed by atoms with Gasteiger partial charge >= 0.3 is 5.97 Å². The summed E-state index contributed by atoms with van der Waals surface area (Å²) >= 11 is 12.4. The highest BCUT2D eigenvalue weighted by Crippen LogP contribution is 2.30. The van der Waals surface area contributed by atoms with Crippen LogP contribution in [0.15, 0.2) is 48.7 Å². The van der Waals surface area contributed by atoms with Crippen molar-refractivity contribution in [3.8, 4) is 22.9 Å². The molecule has 214 valence electrons. The summed E-state index contributed by atoms with van der Waals surface area (Å²) in [6.45, 7) is 5.90. The maximum Gasteiger partial charge on any atom is 0.307 e. The van der Waals surface area contributed by atoms with Gasteiger partial charge in [-0.25, -0.2) is 9.97 Å². The van der Waals surface area contributed by atoms with E-state index in [1.165, 1.54) is 0 Å². The fraction of sp³-hybridized carbons (Fsp3) is 0.370. The van der Waals surface area contributed by atoms with E-state index in [9.17, 15) is 13.2 Å². The Morgan fingerprint density at radius 1 is 1.02 bits per heavy atom. The average Bonchev–Trinajstić information content (AvgIpc) is 2.91. The Balaban J connectivity index is 1.44. The third kappa shape index (κ3) is 9.03. The molecule has 0 atom stereocenters. The van der Waals surface area contributed by atoms with Gasteiger partial charge in [0.15, 0.2) is 0 Å². The maximum absolute atomic E-state index is 11.6. The zero-order valence-electron chi connectivity index (χ0n) is 22.2. The van der Waals surface area contributed by atoms with Crippen molar-refractivity contribution in [2.45, 2.75) is 20.0 Å². The molecule has 3 aromatic rings. The molecular weight excluding hydrogens is 579 g/mol. The first-order valence-electron chi connectivity index (χ1n) is 12.7. The number of ether oxygens (including phenoxy) is 2. The normalized spacial score (nSPS) is 14.2. The van der Waals surface area contributed by atoms with E-state index < -0.39 is 10.1 Å². The lowest BCUT2D eigenvalue weighted by molar-refractivity contribution is -0.143. The Morgan fingerprint density at radius 3 is 2.38 bits per heavy atom. The minimum Gasteiger partial charge on any atom is -0.466 e. The number of carbonyl (C=O) groups excluding carboxylic acids is 1. The van der Waals surface area contributed by atoms with Gasteiger partial charge < -0.3 is 14.4 Å². The Morgan fingerprint density at radius 2 is 1.75 bits per heavy atom. The molecule has 0 bridgehead atoms. The third-order valence-electron chi connectivity index (χ3n) is 6.04. The standard InChI is InChI=1S/C27H30Cl2N4O6S/c1-3-37-27(34)6-7-32-8-10-33(11-9-32)25-5-4-23(17-30-25)39-26-13-19(18-38-40(2,35)36)12-24(31-26)20-14-21(28)16-22(29)15-20/h4-5,12-17H,3,6-11,18H2,1-2H3. The van der Waals surface area contributed by atoms with Gasteiger partial charge in [0, 0.05) is 54.4 Å². The molecule has 0 radical (unpaired) electrons. The molecule has 4 rings (SSSR count). The SMILES string of the molecule is CCOC(=O)CCN1CCN(c2ccc(Oc3cc(COS(C)(=O)=O)cc(-c4cc(Cl)cc(Cl)c4)n3)cn2)CC1. The molecule has 1 aliphatic rings. The zero-order chi connectivity index (χ0) is 28.7. The van der Waals surface area contributed by atoms with Crippen LogP contribution in [0, 0.1) is 0 Å². The van der Waals surface area contributed by atoms with Gasteiger partial charge in [0.1, 0.15) is 11.6 Å². The Hall–Kier alpha value is -2.96. The fourth-order valence-corrected chi connectivity index (χ4v) is 5.02. The first-order chi connectivity index (χ1) is 19.1. The molecule has 3 heterocycles. The lowest BCUT2D eigenvalue weighted by Gasteiger charge is -2.35. The molecular formula is C27H30Cl2N4O6S. The lowest BCUT2D eigenvalue weighted by atomic mass is 10.1. The summed E-state index contributed by atoms with van der Waals surface area (Å²) in [4.78, 5) is 25.2. The van der Waals surface area contributed by atoms with Gasteiger partial charge in [-0.1, -0.05) is 23.2 Å². The zero-order valence-corrected chi connectivity index (χ0v) is 24.5. The largest absolute Gasteiger partial charge is 0.466 e. The van der Waals surface area contributed by atoms with Gasteiger partial charge in [0.2, 0.25) is 5.88 Å². The lowest BCUT2D eigenvalue weighted by Crippen LogP contribution is -2.47. The Labute approximate surface area is 243 Å². The predicted octanol–water partition coefficient (Wildman–Crippen LogP) is 4.79. The van der Waals surface area contributed by atoms with Crippen LogP contribution < -0.4 is 9.64 Å². The van der Waals surface area contributed by atoms with E-state index in [2.05, 4.69) is 19.8 Å². The summed E-state index contributed by atoms with van der Waals surface area (Å²) in [6.07, 6.45) is 2.99. The van der Waals surface area contributed by atoms with Crippen LogP contribution >= 0.6 is 23.2 Å². The molecule has 1 saturated heterocycles. The van der Waals surface area contributed by atoms with Gasteiger partial charge in [-0.3, -0.25) is 13.9 Å². The second-order valence-corrected chi connectivity index (χ2v) is 11.7. The van der Waals surface area contributed by atoms with Crippen molar-refractivity contribution in [2.24, 2.45) is 0 Å². The van der Waals surface area contributed by atoms with Crippen LogP contribution in [0.1, 0.15) is 18.9 Å². The van der Waals surface area contributed by atoms with Gasteiger partial charge in [0.25, 0.3) is 10.1 Å². The van der Waals surface area contributed by atoms with E-state index in [-0.39, 0.29) is 18.5 Å². The summed E-state index contributed by atoms with van der Waals surface area (Å²) in [5.41, 5.74) is 1.66. The number of benzene rings is 1. The molecule has 10 nitrogen and oxygen atoms in total. The monoisotopic (exact) mass is 608 g/mol. The number of piperazine rings is 1. The molecule has 0 aliphatic carbocycles. The van der Waals surface area contributed by atoms with Crippen molar-refractivity contribution in [3.05, 3.63) is 64.3 Å². The van der Waals surface area contributed by atoms with E-state index in [4.69, 9.17) is 36.9 Å². The third-order valence-corrected chi connectivity index (χ3v) is 7.02. The van der Waals surface area contributed by atoms with Crippen LogP contribution in [-0.4, -0.2) is 74.8 Å². The number of nitrogens with zero attached hydrogens (tertiary/aromatic N) is 4. The molecule has 0 N–H and O–H groups in total. The topological polar surface area (TPSA) is 111 Å². The van der Waals surface area contributed by atoms with Crippen LogP contribution in [0.4, 0.5) is 5.82 Å². The van der Waals surface area contributed by atoms with Crippen molar-refractivity contribution in [1.29, 1.82) is 0 Å². The van der Waals surface area contributed by atoms with Crippen molar-refractivity contribution < 1.29 is 26.9 Å². The molecule has 1 fully saturated rings. The maximum atomic E-state index is 11.6. The summed E-state index contributed by atoms with van der Waals surface area (Å²) in [7, 11) is -3.66. The van der Waals surface area contributed by atoms with Crippen LogP contribution in [0.2, 0.25) is 10.0 Å². The van der Waals surface area contributed by atoms with Crippen molar-refractivity contribution in [1.82, 2.24) is 14.9 Å². The number of halogens is 2. The van der Waals surface area contributed by atoms with Crippen LogP contribution in [0.25, 0.3) is 11.3 Å². The highest BCUT2D eigenvalue weighted by Gasteiger charge is 2.19. The molecule has 0 amide bonds. The smallest absolute Gasteiger partial charge is 0.307 e. The van der Waals surface area contributed by atoms with E-state index in [1.54, 1.807) is 49.5 Å². The molecule has 2 aromatic heterocycles. The molecule has 40 heavy (non-hydrogen) atoms. The van der Waals surface area contributed by atoms with Crippen LogP contribution in [0.5, 0.6) is 11.6 Å². The van der Waals surface area contributed by atoms with Gasteiger partial charge in [-0.2, -0.15) is 8.42 Å². The number of aromatic nitrogens is 2. The van der Waals surface area contributed by atoms with E-state index in [0.717, 1.165) is 38.3 Å².